The summed E-state index contributed by atoms with van der Waals surface area (Å²) >= 11 is 0. The predicted octanol–water partition coefficient (Wildman–Crippen LogP) is 2.41. The predicted molar refractivity (Wildman–Crippen MR) is 91.0 cm³/mol. The summed E-state index contributed by atoms with van der Waals surface area (Å²) in [6.45, 7) is 2.06. The van der Waals surface area contributed by atoms with Crippen LogP contribution in [0.25, 0.3) is 10.8 Å². The summed E-state index contributed by atoms with van der Waals surface area (Å²) in [6, 6.07) is 14.1. The summed E-state index contributed by atoms with van der Waals surface area (Å²) in [7, 11) is 0. The molecular weight excluding hydrogens is 288 g/mol. The summed E-state index contributed by atoms with van der Waals surface area (Å²) in [5, 5.41) is 7.85. The third-order valence-corrected chi connectivity index (χ3v) is 4.39. The van der Waals surface area contributed by atoms with Gasteiger partial charge in [0.2, 0.25) is 11.8 Å². The topological polar surface area (TPSA) is 58.2 Å². The van der Waals surface area contributed by atoms with E-state index < -0.39 is 0 Å². The molecule has 2 amide bonds. The number of hydrogen-bond acceptors (Lipinski definition) is 2. The van der Waals surface area contributed by atoms with Crippen LogP contribution in [0.15, 0.2) is 42.5 Å². The van der Waals surface area contributed by atoms with Crippen LogP contribution in [0, 0.1) is 5.92 Å². The van der Waals surface area contributed by atoms with Crippen molar-refractivity contribution in [3.8, 4) is 0 Å². The summed E-state index contributed by atoms with van der Waals surface area (Å²) in [6.07, 6.45) is 2.66. The average Bonchev–Trinajstić information content (AvgIpc) is 3.38. The van der Waals surface area contributed by atoms with Crippen LogP contribution in [-0.2, 0) is 16.0 Å². The molecule has 0 bridgehead atoms. The highest BCUT2D eigenvalue weighted by Gasteiger charge is 2.28. The molecule has 0 heterocycles. The molecule has 23 heavy (non-hydrogen) atoms. The molecule has 1 saturated carbocycles. The van der Waals surface area contributed by atoms with Gasteiger partial charge in [-0.15, -0.1) is 0 Å². The summed E-state index contributed by atoms with van der Waals surface area (Å²) in [5.74, 6) is 0.372. The van der Waals surface area contributed by atoms with E-state index in [4.69, 9.17) is 0 Å². The summed E-state index contributed by atoms with van der Waals surface area (Å²) < 4.78 is 0. The standard InChI is InChI=1S/C19H22N2O2/c1-13(14-9-10-14)21-19(23)12-20-18(22)11-16-7-4-6-15-5-2-3-8-17(15)16/h2-8,13-14H,9-12H2,1H3,(H,20,22)(H,21,23)/t13-/m1/s1. The van der Waals surface area contributed by atoms with Gasteiger partial charge in [0.15, 0.2) is 0 Å². The SMILES string of the molecule is C[C@@H](NC(=O)CNC(=O)Cc1cccc2ccccc12)C1CC1. The number of rotatable bonds is 6. The lowest BCUT2D eigenvalue weighted by molar-refractivity contribution is -0.126. The molecule has 0 unspecified atom stereocenters. The molecule has 2 N–H and O–H groups in total. The monoisotopic (exact) mass is 310 g/mol. The maximum atomic E-state index is 12.1. The van der Waals surface area contributed by atoms with Crippen molar-refractivity contribution in [2.24, 2.45) is 5.92 Å². The van der Waals surface area contributed by atoms with Crippen molar-refractivity contribution in [2.75, 3.05) is 6.54 Å². The molecule has 4 nitrogen and oxygen atoms in total. The van der Waals surface area contributed by atoms with Gasteiger partial charge in [0.05, 0.1) is 13.0 Å². The van der Waals surface area contributed by atoms with Gasteiger partial charge in [-0.1, -0.05) is 42.5 Å². The molecule has 2 aromatic carbocycles. The highest BCUT2D eigenvalue weighted by atomic mass is 16.2. The Morgan fingerprint density at radius 3 is 2.61 bits per heavy atom. The van der Waals surface area contributed by atoms with Crippen LogP contribution in [0.1, 0.15) is 25.3 Å². The fourth-order valence-electron chi connectivity index (χ4n) is 2.88. The third-order valence-electron chi connectivity index (χ3n) is 4.39. The van der Waals surface area contributed by atoms with E-state index in [0.29, 0.717) is 5.92 Å². The zero-order chi connectivity index (χ0) is 16.2. The second-order valence-electron chi connectivity index (χ2n) is 6.29. The minimum absolute atomic E-state index is 0.0423. The van der Waals surface area contributed by atoms with E-state index in [1.165, 1.54) is 12.8 Å². The normalized spacial score (nSPS) is 15.2. The molecular formula is C19H22N2O2. The molecule has 0 radical (unpaired) electrons. The van der Waals surface area contributed by atoms with Crippen LogP contribution in [0.2, 0.25) is 0 Å². The molecule has 2 aromatic rings. The van der Waals surface area contributed by atoms with Crippen molar-refractivity contribution in [3.63, 3.8) is 0 Å². The van der Waals surface area contributed by atoms with E-state index in [0.717, 1.165) is 16.3 Å². The van der Waals surface area contributed by atoms with Crippen molar-refractivity contribution < 1.29 is 9.59 Å². The molecule has 1 fully saturated rings. The van der Waals surface area contributed by atoms with Crippen molar-refractivity contribution >= 4 is 22.6 Å². The molecule has 0 aromatic heterocycles. The van der Waals surface area contributed by atoms with E-state index in [9.17, 15) is 9.59 Å². The van der Waals surface area contributed by atoms with Crippen LogP contribution < -0.4 is 10.6 Å². The zero-order valence-electron chi connectivity index (χ0n) is 13.3. The quantitative estimate of drug-likeness (QED) is 0.861. The van der Waals surface area contributed by atoms with Gasteiger partial charge in [-0.25, -0.2) is 0 Å². The van der Waals surface area contributed by atoms with Gasteiger partial charge in [0, 0.05) is 6.04 Å². The number of nitrogens with one attached hydrogen (secondary N) is 2. The Kier molecular flexibility index (Phi) is 4.60. The Hall–Kier alpha value is -2.36. The van der Waals surface area contributed by atoms with E-state index in [1.807, 2.05) is 49.4 Å². The molecule has 0 saturated heterocycles. The number of hydrogen-bond donors (Lipinski definition) is 2. The van der Waals surface area contributed by atoms with Gasteiger partial charge >= 0.3 is 0 Å². The van der Waals surface area contributed by atoms with Crippen LogP contribution >= 0.6 is 0 Å². The molecule has 1 aliphatic carbocycles. The number of fused-ring (bicyclic) bond motifs is 1. The lowest BCUT2D eigenvalue weighted by Gasteiger charge is -2.13. The second-order valence-corrected chi connectivity index (χ2v) is 6.29. The number of benzene rings is 2. The number of carbonyl (C=O) groups excluding carboxylic acids is 2. The zero-order valence-corrected chi connectivity index (χ0v) is 13.3. The Bertz CT molecular complexity index is 717. The van der Waals surface area contributed by atoms with Gasteiger partial charge < -0.3 is 10.6 Å². The Morgan fingerprint density at radius 2 is 1.83 bits per heavy atom. The third kappa shape index (κ3) is 4.09. The second kappa shape index (κ2) is 6.82. The smallest absolute Gasteiger partial charge is 0.239 e. The average molecular weight is 310 g/mol. The largest absolute Gasteiger partial charge is 0.352 e. The van der Waals surface area contributed by atoms with E-state index >= 15 is 0 Å². The molecule has 4 heteroatoms. The van der Waals surface area contributed by atoms with E-state index in [2.05, 4.69) is 10.6 Å². The van der Waals surface area contributed by atoms with E-state index in [1.54, 1.807) is 0 Å². The molecule has 1 atom stereocenters. The molecule has 3 rings (SSSR count). The van der Waals surface area contributed by atoms with Crippen molar-refractivity contribution in [1.29, 1.82) is 0 Å². The van der Waals surface area contributed by atoms with Crippen LogP contribution in [-0.4, -0.2) is 24.4 Å². The molecule has 1 aliphatic rings. The molecule has 0 spiro atoms. The lowest BCUT2D eigenvalue weighted by Crippen LogP contribution is -2.42. The Labute approximate surface area is 136 Å². The van der Waals surface area contributed by atoms with Gasteiger partial charge in [0.25, 0.3) is 0 Å². The fourth-order valence-corrected chi connectivity index (χ4v) is 2.88. The van der Waals surface area contributed by atoms with Crippen molar-refractivity contribution in [3.05, 3.63) is 48.0 Å². The number of carbonyl (C=O) groups is 2. The highest BCUT2D eigenvalue weighted by molar-refractivity contribution is 5.91. The minimum Gasteiger partial charge on any atom is -0.352 e. The summed E-state index contributed by atoms with van der Waals surface area (Å²) in [4.78, 5) is 23.9. The van der Waals surface area contributed by atoms with Gasteiger partial charge in [-0.05, 0) is 42.0 Å². The van der Waals surface area contributed by atoms with Crippen LogP contribution in [0.3, 0.4) is 0 Å². The first-order valence-electron chi connectivity index (χ1n) is 8.16. The maximum Gasteiger partial charge on any atom is 0.239 e. The van der Waals surface area contributed by atoms with Gasteiger partial charge in [-0.3, -0.25) is 9.59 Å². The maximum absolute atomic E-state index is 12.1. The van der Waals surface area contributed by atoms with E-state index in [-0.39, 0.29) is 30.8 Å². The van der Waals surface area contributed by atoms with Gasteiger partial charge in [0.1, 0.15) is 0 Å². The Balaban J connectivity index is 1.53. The van der Waals surface area contributed by atoms with Crippen molar-refractivity contribution in [2.45, 2.75) is 32.2 Å². The first-order valence-corrected chi connectivity index (χ1v) is 8.16. The van der Waals surface area contributed by atoms with Crippen molar-refractivity contribution in [1.82, 2.24) is 10.6 Å². The molecule has 0 aliphatic heterocycles. The molecule has 120 valence electrons. The number of amides is 2. The lowest BCUT2D eigenvalue weighted by atomic mass is 10.0. The first-order chi connectivity index (χ1) is 11.1. The van der Waals surface area contributed by atoms with Crippen LogP contribution in [0.4, 0.5) is 0 Å². The van der Waals surface area contributed by atoms with Gasteiger partial charge in [-0.2, -0.15) is 0 Å². The Morgan fingerprint density at radius 1 is 1.09 bits per heavy atom. The summed E-state index contributed by atoms with van der Waals surface area (Å²) in [5.41, 5.74) is 0.979. The fraction of sp³-hybridized carbons (Fsp3) is 0.368. The minimum atomic E-state index is -0.129. The highest BCUT2D eigenvalue weighted by Crippen LogP contribution is 2.32. The first kappa shape index (κ1) is 15.5. The van der Waals surface area contributed by atoms with Crippen LogP contribution in [0.5, 0.6) is 0 Å².